The van der Waals surface area contributed by atoms with Crippen molar-refractivity contribution in [1.29, 1.82) is 0 Å². The zero-order valence-electron chi connectivity index (χ0n) is 9.03. The molecule has 0 saturated carbocycles. The van der Waals surface area contributed by atoms with Gasteiger partial charge in [0.2, 0.25) is 0 Å². The number of likely N-dealkylation sites (N-methyl/N-ethyl adjacent to an activating group) is 1. The summed E-state index contributed by atoms with van der Waals surface area (Å²) in [4.78, 5) is 0. The second kappa shape index (κ2) is 4.32. The van der Waals surface area contributed by atoms with Crippen LogP contribution in [-0.4, -0.2) is 7.05 Å². The van der Waals surface area contributed by atoms with Crippen LogP contribution in [0.15, 0.2) is 48.2 Å². The highest BCUT2D eigenvalue weighted by atomic mass is 14.8. The predicted octanol–water partition coefficient (Wildman–Crippen LogP) is 1.71. The molecule has 1 aliphatic rings. The van der Waals surface area contributed by atoms with Gasteiger partial charge in [-0.1, -0.05) is 24.3 Å². The average molecular weight is 201 g/mol. The number of benzene rings is 1. The van der Waals surface area contributed by atoms with E-state index in [1.165, 1.54) is 11.3 Å². The molecule has 1 unspecified atom stereocenters. The molecular weight excluding hydrogens is 184 g/mol. The first kappa shape index (κ1) is 9.99. The summed E-state index contributed by atoms with van der Waals surface area (Å²) in [7, 11) is 1.95. The molecule has 4 N–H and O–H groups in total. The summed E-state index contributed by atoms with van der Waals surface area (Å²) in [6.07, 6.45) is 7.71. The van der Waals surface area contributed by atoms with Gasteiger partial charge in [0.25, 0.3) is 0 Å². The van der Waals surface area contributed by atoms with Gasteiger partial charge in [-0.25, -0.2) is 0 Å². The fourth-order valence-electron chi connectivity index (χ4n) is 1.82. The summed E-state index contributed by atoms with van der Waals surface area (Å²) in [5, 5.41) is 3.15. The molecule has 0 heterocycles. The first-order valence-corrected chi connectivity index (χ1v) is 5.27. The molecule has 0 aromatic heterocycles. The van der Waals surface area contributed by atoms with Gasteiger partial charge in [-0.05, 0) is 30.2 Å². The number of hydrogen-bond acceptors (Lipinski definition) is 1. The summed E-state index contributed by atoms with van der Waals surface area (Å²) in [5.74, 6) is 0.516. The fourth-order valence-corrected chi connectivity index (χ4v) is 1.82. The molecule has 0 fully saturated rings. The van der Waals surface area contributed by atoms with Gasteiger partial charge in [0.05, 0.1) is 0 Å². The highest BCUT2D eigenvalue weighted by Crippen LogP contribution is 2.26. The molecule has 15 heavy (non-hydrogen) atoms. The summed E-state index contributed by atoms with van der Waals surface area (Å²) in [5.41, 5.74) is 7.54. The van der Waals surface area contributed by atoms with Crippen LogP contribution in [0.25, 0.3) is 0 Å². The third-order valence-electron chi connectivity index (χ3n) is 2.80. The van der Waals surface area contributed by atoms with Gasteiger partial charge in [0.15, 0.2) is 0 Å². The van der Waals surface area contributed by atoms with Gasteiger partial charge in [0, 0.05) is 18.7 Å². The quantitative estimate of drug-likeness (QED) is 0.751. The third-order valence-corrected chi connectivity index (χ3v) is 2.80. The van der Waals surface area contributed by atoms with Crippen molar-refractivity contribution in [2.75, 3.05) is 7.05 Å². The fraction of sp³-hybridized carbons (Fsp3) is 0.231. The van der Waals surface area contributed by atoms with Crippen LogP contribution in [0.5, 0.6) is 0 Å². The van der Waals surface area contributed by atoms with Gasteiger partial charge in [0.1, 0.15) is 5.69 Å². The molecule has 0 saturated heterocycles. The van der Waals surface area contributed by atoms with Crippen LogP contribution < -0.4 is 11.1 Å². The summed E-state index contributed by atoms with van der Waals surface area (Å²) in [6.45, 7) is 0. The van der Waals surface area contributed by atoms with Crippen LogP contribution in [0.4, 0.5) is 5.69 Å². The van der Waals surface area contributed by atoms with Crippen LogP contribution in [0.2, 0.25) is 0 Å². The maximum Gasteiger partial charge on any atom is 0.127 e. The van der Waals surface area contributed by atoms with Crippen molar-refractivity contribution in [2.24, 2.45) is 0 Å². The van der Waals surface area contributed by atoms with Crippen LogP contribution >= 0.6 is 0 Å². The summed E-state index contributed by atoms with van der Waals surface area (Å²) >= 11 is 0. The summed E-state index contributed by atoms with van der Waals surface area (Å²) in [6, 6.07) is 8.46. The van der Waals surface area contributed by atoms with E-state index in [-0.39, 0.29) is 0 Å². The molecule has 0 bridgehead atoms. The van der Waals surface area contributed by atoms with E-state index in [4.69, 9.17) is 0 Å². The van der Waals surface area contributed by atoms with E-state index in [2.05, 4.69) is 53.5 Å². The molecular formula is C13H17N2+. The van der Waals surface area contributed by atoms with E-state index in [1.807, 2.05) is 7.05 Å². The topological polar surface area (TPSA) is 39.7 Å². The lowest BCUT2D eigenvalue weighted by Crippen LogP contribution is -2.39. The maximum absolute atomic E-state index is 3.89. The lowest BCUT2D eigenvalue weighted by Gasteiger charge is -2.16. The minimum atomic E-state index is 0.516. The monoisotopic (exact) mass is 201 g/mol. The maximum atomic E-state index is 3.89. The first-order valence-electron chi connectivity index (χ1n) is 5.27. The van der Waals surface area contributed by atoms with Crippen LogP contribution in [0, 0.1) is 0 Å². The smallest absolute Gasteiger partial charge is 0.127 e. The van der Waals surface area contributed by atoms with Gasteiger partial charge >= 0.3 is 0 Å². The van der Waals surface area contributed by atoms with Crippen molar-refractivity contribution in [3.8, 4) is 0 Å². The number of nitrogens with one attached hydrogen (secondary N) is 1. The van der Waals surface area contributed by atoms with Crippen molar-refractivity contribution >= 4 is 5.69 Å². The lowest BCUT2D eigenvalue weighted by atomic mass is 9.91. The van der Waals surface area contributed by atoms with Crippen molar-refractivity contribution < 1.29 is 5.73 Å². The zero-order valence-corrected chi connectivity index (χ0v) is 9.03. The molecule has 1 atom stereocenters. The van der Waals surface area contributed by atoms with Crippen molar-refractivity contribution in [2.45, 2.75) is 12.3 Å². The Kier molecular flexibility index (Phi) is 2.88. The molecule has 2 rings (SSSR count). The Balaban J connectivity index is 2.12. The van der Waals surface area contributed by atoms with E-state index in [0.717, 1.165) is 12.1 Å². The van der Waals surface area contributed by atoms with Gasteiger partial charge in [-0.15, -0.1) is 0 Å². The Bertz CT molecular complexity index is 388. The predicted molar refractivity (Wildman–Crippen MR) is 62.6 cm³/mol. The molecule has 0 spiro atoms. The second-order valence-corrected chi connectivity index (χ2v) is 3.85. The Morgan fingerprint density at radius 3 is 2.53 bits per heavy atom. The minimum Gasteiger partial charge on any atom is -0.388 e. The zero-order chi connectivity index (χ0) is 10.7. The summed E-state index contributed by atoms with van der Waals surface area (Å²) < 4.78 is 0. The highest BCUT2D eigenvalue weighted by Gasteiger charge is 2.10. The Labute approximate surface area is 90.5 Å². The first-order chi connectivity index (χ1) is 7.29. The largest absolute Gasteiger partial charge is 0.388 e. The minimum absolute atomic E-state index is 0.516. The number of allylic oxidation sites excluding steroid dienone is 3. The van der Waals surface area contributed by atoms with Crippen LogP contribution in [0.3, 0.4) is 0 Å². The second-order valence-electron chi connectivity index (χ2n) is 3.85. The van der Waals surface area contributed by atoms with E-state index >= 15 is 0 Å². The van der Waals surface area contributed by atoms with Crippen molar-refractivity contribution in [1.82, 2.24) is 5.32 Å². The molecule has 78 valence electrons. The molecule has 1 aliphatic carbocycles. The van der Waals surface area contributed by atoms with E-state index < -0.39 is 0 Å². The Morgan fingerprint density at radius 2 is 2.00 bits per heavy atom. The number of hydrogen-bond donors (Lipinski definition) is 2. The molecule has 2 nitrogen and oxygen atoms in total. The SMILES string of the molecule is CNC1=CCC(c2ccc([NH3+])cc2)C=C1. The van der Waals surface area contributed by atoms with Gasteiger partial charge in [-0.3, -0.25) is 0 Å². The number of rotatable bonds is 2. The molecule has 1 aromatic rings. The van der Waals surface area contributed by atoms with E-state index in [9.17, 15) is 0 Å². The van der Waals surface area contributed by atoms with Crippen molar-refractivity contribution in [3.05, 3.63) is 53.8 Å². The normalized spacial score (nSPS) is 19.9. The Hall–Kier alpha value is -1.54. The lowest BCUT2D eigenvalue weighted by molar-refractivity contribution is -0.254. The van der Waals surface area contributed by atoms with E-state index in [0.29, 0.717) is 5.92 Å². The van der Waals surface area contributed by atoms with Crippen molar-refractivity contribution in [3.63, 3.8) is 0 Å². The molecule has 2 heteroatoms. The molecule has 1 aromatic carbocycles. The molecule has 0 aliphatic heterocycles. The molecule has 0 radical (unpaired) electrons. The highest BCUT2D eigenvalue weighted by molar-refractivity contribution is 5.37. The molecule has 0 amide bonds. The van der Waals surface area contributed by atoms with E-state index in [1.54, 1.807) is 0 Å². The Morgan fingerprint density at radius 1 is 1.27 bits per heavy atom. The van der Waals surface area contributed by atoms with Crippen LogP contribution in [0.1, 0.15) is 17.9 Å². The number of quaternary nitrogens is 1. The van der Waals surface area contributed by atoms with Crippen LogP contribution in [-0.2, 0) is 0 Å². The third kappa shape index (κ3) is 2.28. The van der Waals surface area contributed by atoms with Gasteiger partial charge < -0.3 is 11.1 Å². The average Bonchev–Trinajstić information content (AvgIpc) is 2.30. The van der Waals surface area contributed by atoms with Gasteiger partial charge in [-0.2, -0.15) is 0 Å². The standard InChI is InChI=1S/C13H16N2/c1-15-13-8-4-11(5-9-13)10-2-6-12(14)7-3-10/h2-4,6-9,11,15H,5,14H2,1H3/p+1.